The molecule has 8 aromatic rings. The van der Waals surface area contributed by atoms with Crippen LogP contribution in [-0.4, -0.2) is 6.54 Å². The molecule has 0 aromatic heterocycles. The first-order chi connectivity index (χ1) is 30.7. The maximum absolute atomic E-state index is 2.52. The minimum Gasteiger partial charge on any atom is -0.341 e. The standard InChI is InChI=1S/C61H50N2/c1-60(2)53-36-40(19-20-41-22-32-50-52-34-30-48(39-56(52)61(3,4)54(50)37-41)62-35-11-15-43-12-5-8-16-57(43)62)21-31-49(53)51-33-27-46(38-55(51)60)42-25-28-47(29-26-42)63-58-17-9-6-13-44(58)23-24-45-14-7-10-18-59(45)63/h5-10,12-14,16-34,36-39H,11,15,35H2,1-4H3. The van der Waals surface area contributed by atoms with Crippen molar-refractivity contribution in [3.63, 3.8) is 0 Å². The van der Waals surface area contributed by atoms with Crippen LogP contribution >= 0.6 is 0 Å². The number of rotatable bonds is 5. The van der Waals surface area contributed by atoms with Crippen molar-refractivity contribution in [3.05, 3.63) is 220 Å². The van der Waals surface area contributed by atoms with Crippen LogP contribution in [0.5, 0.6) is 0 Å². The van der Waals surface area contributed by atoms with Gasteiger partial charge in [-0.3, -0.25) is 0 Å². The number of benzene rings is 8. The summed E-state index contributed by atoms with van der Waals surface area (Å²) in [4.78, 5) is 4.91. The van der Waals surface area contributed by atoms with Gasteiger partial charge in [-0.25, -0.2) is 0 Å². The number of aryl methyl sites for hydroxylation is 1. The van der Waals surface area contributed by atoms with Gasteiger partial charge >= 0.3 is 0 Å². The largest absolute Gasteiger partial charge is 0.341 e. The van der Waals surface area contributed by atoms with Crippen molar-refractivity contribution in [1.29, 1.82) is 0 Å². The van der Waals surface area contributed by atoms with Crippen molar-refractivity contribution < 1.29 is 0 Å². The van der Waals surface area contributed by atoms with Crippen molar-refractivity contribution in [2.24, 2.45) is 0 Å². The third kappa shape index (κ3) is 5.99. The molecule has 4 aliphatic rings. The maximum Gasteiger partial charge on any atom is 0.0534 e. The van der Waals surface area contributed by atoms with Gasteiger partial charge in [-0.1, -0.05) is 173 Å². The van der Waals surface area contributed by atoms with E-state index in [-0.39, 0.29) is 10.8 Å². The molecule has 304 valence electrons. The average Bonchev–Trinajstić information content (AvgIpc) is 3.59. The molecule has 8 aromatic carbocycles. The Morgan fingerprint density at radius 2 is 0.905 bits per heavy atom. The van der Waals surface area contributed by atoms with Crippen LogP contribution in [0.1, 0.15) is 84.2 Å². The van der Waals surface area contributed by atoms with Gasteiger partial charge in [0.05, 0.1) is 11.4 Å². The zero-order valence-electron chi connectivity index (χ0n) is 36.5. The van der Waals surface area contributed by atoms with Crippen LogP contribution in [-0.2, 0) is 17.3 Å². The summed E-state index contributed by atoms with van der Waals surface area (Å²) in [7, 11) is 0. The van der Waals surface area contributed by atoms with Gasteiger partial charge in [0, 0.05) is 34.4 Å². The highest BCUT2D eigenvalue weighted by Crippen LogP contribution is 2.52. The molecule has 2 nitrogen and oxygen atoms in total. The maximum atomic E-state index is 2.52. The number of anilines is 5. The third-order valence-corrected chi connectivity index (χ3v) is 14.5. The van der Waals surface area contributed by atoms with Crippen LogP contribution in [0.3, 0.4) is 0 Å². The molecule has 0 fully saturated rings. The zero-order chi connectivity index (χ0) is 42.5. The second-order valence-electron chi connectivity index (χ2n) is 18.9. The van der Waals surface area contributed by atoms with Crippen LogP contribution < -0.4 is 9.80 Å². The van der Waals surface area contributed by atoms with E-state index in [9.17, 15) is 0 Å². The highest BCUT2D eigenvalue weighted by atomic mass is 15.2. The van der Waals surface area contributed by atoms with Crippen molar-refractivity contribution in [1.82, 2.24) is 0 Å². The molecule has 2 heteroatoms. The van der Waals surface area contributed by atoms with Crippen LogP contribution in [0.25, 0.3) is 57.7 Å². The van der Waals surface area contributed by atoms with Gasteiger partial charge in [0.2, 0.25) is 0 Å². The number of nitrogens with zero attached hydrogens (tertiary/aromatic N) is 2. The van der Waals surface area contributed by atoms with Crippen LogP contribution in [0.4, 0.5) is 28.4 Å². The highest BCUT2D eigenvalue weighted by Gasteiger charge is 2.37. The first-order valence-electron chi connectivity index (χ1n) is 22.6. The van der Waals surface area contributed by atoms with Gasteiger partial charge in [-0.2, -0.15) is 0 Å². The lowest BCUT2D eigenvalue weighted by molar-refractivity contribution is 0.659. The van der Waals surface area contributed by atoms with E-state index in [1.54, 1.807) is 0 Å². The molecule has 2 heterocycles. The molecule has 0 radical (unpaired) electrons. The number of hydrogen-bond acceptors (Lipinski definition) is 2. The van der Waals surface area contributed by atoms with Gasteiger partial charge < -0.3 is 9.80 Å². The van der Waals surface area contributed by atoms with Crippen LogP contribution in [0, 0.1) is 0 Å². The molecule has 12 rings (SSSR count). The van der Waals surface area contributed by atoms with Crippen molar-refractivity contribution in [2.45, 2.75) is 51.4 Å². The molecule has 2 aliphatic carbocycles. The Bertz CT molecular complexity index is 3160. The summed E-state index contributed by atoms with van der Waals surface area (Å²) in [5, 5.41) is 0. The fourth-order valence-electron chi connectivity index (χ4n) is 11.1. The van der Waals surface area contributed by atoms with Crippen molar-refractivity contribution in [2.75, 3.05) is 16.3 Å². The fourth-order valence-corrected chi connectivity index (χ4v) is 11.1. The van der Waals surface area contributed by atoms with E-state index in [2.05, 4.69) is 232 Å². The second-order valence-corrected chi connectivity index (χ2v) is 18.9. The lowest BCUT2D eigenvalue weighted by Gasteiger charge is -2.32. The van der Waals surface area contributed by atoms with Gasteiger partial charge in [-0.15, -0.1) is 0 Å². The number of fused-ring (bicyclic) bond motifs is 9. The Labute approximate surface area is 372 Å². The minimum absolute atomic E-state index is 0.0903. The summed E-state index contributed by atoms with van der Waals surface area (Å²) in [6.45, 7) is 10.6. The molecule has 0 atom stereocenters. The first kappa shape index (κ1) is 37.6. The smallest absolute Gasteiger partial charge is 0.0534 e. The molecule has 63 heavy (non-hydrogen) atoms. The second kappa shape index (κ2) is 14.2. The predicted octanol–water partition coefficient (Wildman–Crippen LogP) is 16.2. The van der Waals surface area contributed by atoms with E-state index in [0.717, 1.165) is 18.7 Å². The summed E-state index contributed by atoms with van der Waals surface area (Å²) < 4.78 is 0. The van der Waals surface area contributed by atoms with Gasteiger partial charge in [-0.05, 0) is 145 Å². The topological polar surface area (TPSA) is 6.48 Å². The summed E-state index contributed by atoms with van der Waals surface area (Å²) in [5.74, 6) is 0. The van der Waals surface area contributed by atoms with E-state index in [0.29, 0.717) is 0 Å². The summed E-state index contributed by atoms with van der Waals surface area (Å²) >= 11 is 0. The number of para-hydroxylation sites is 3. The Morgan fingerprint density at radius 3 is 1.52 bits per heavy atom. The summed E-state index contributed by atoms with van der Waals surface area (Å²) in [5.41, 5.74) is 25.8. The van der Waals surface area contributed by atoms with Gasteiger partial charge in [0.25, 0.3) is 0 Å². The van der Waals surface area contributed by atoms with E-state index in [1.165, 1.54) is 113 Å². The lowest BCUT2D eigenvalue weighted by atomic mass is 9.81. The van der Waals surface area contributed by atoms with Gasteiger partial charge in [0.15, 0.2) is 0 Å². The first-order valence-corrected chi connectivity index (χ1v) is 22.6. The Kier molecular flexibility index (Phi) is 8.47. The summed E-state index contributed by atoms with van der Waals surface area (Å²) in [6.07, 6.45) is 11.4. The van der Waals surface area contributed by atoms with Crippen LogP contribution in [0.2, 0.25) is 0 Å². The molecule has 0 saturated heterocycles. The van der Waals surface area contributed by atoms with E-state index in [4.69, 9.17) is 0 Å². The molecule has 0 saturated carbocycles. The predicted molar refractivity (Wildman–Crippen MR) is 268 cm³/mol. The molecular formula is C61H50N2. The SMILES string of the molecule is CC1(C)c2cc(C=Cc3ccc4c(c3)C(C)(C)c3cc(N5CCCc6ccccc65)ccc3-4)ccc2-c2ccc(-c3ccc(N4c5ccccc5C=Cc5ccccc54)cc3)cc21. The lowest BCUT2D eigenvalue weighted by Crippen LogP contribution is -2.25. The van der Waals surface area contributed by atoms with E-state index in [1.807, 2.05) is 0 Å². The average molecular weight is 811 g/mol. The molecule has 0 spiro atoms. The third-order valence-electron chi connectivity index (χ3n) is 14.5. The Hall–Kier alpha value is -7.16. The monoisotopic (exact) mass is 810 g/mol. The molecule has 0 amide bonds. The van der Waals surface area contributed by atoms with Crippen molar-refractivity contribution in [3.8, 4) is 33.4 Å². The summed E-state index contributed by atoms with van der Waals surface area (Å²) in [6, 6.07) is 63.7. The fraction of sp³-hybridized carbons (Fsp3) is 0.148. The zero-order valence-corrected chi connectivity index (χ0v) is 36.5. The minimum atomic E-state index is -0.130. The van der Waals surface area contributed by atoms with E-state index >= 15 is 0 Å². The normalized spacial score (nSPS) is 15.8. The molecule has 0 unspecified atom stereocenters. The highest BCUT2D eigenvalue weighted by molar-refractivity contribution is 5.94. The number of hydrogen-bond donors (Lipinski definition) is 0. The quantitative estimate of drug-likeness (QED) is 0.160. The molecule has 2 aliphatic heterocycles. The van der Waals surface area contributed by atoms with Crippen molar-refractivity contribution >= 4 is 52.7 Å². The molecule has 0 bridgehead atoms. The Morgan fingerprint density at radius 1 is 0.429 bits per heavy atom. The molecular weight excluding hydrogens is 761 g/mol. The Balaban J connectivity index is 0.801. The van der Waals surface area contributed by atoms with Gasteiger partial charge in [0.1, 0.15) is 0 Å². The molecule has 0 N–H and O–H groups in total. The van der Waals surface area contributed by atoms with E-state index < -0.39 is 0 Å². The van der Waals surface area contributed by atoms with Crippen LogP contribution in [0.15, 0.2) is 170 Å².